The Bertz CT molecular complexity index is 1820. The third-order valence-corrected chi connectivity index (χ3v) is 6.76. The van der Waals surface area contributed by atoms with Gasteiger partial charge >= 0.3 is 0 Å². The van der Waals surface area contributed by atoms with Crippen molar-refractivity contribution in [2.45, 2.75) is 6.92 Å². The van der Waals surface area contributed by atoms with E-state index in [0.29, 0.717) is 0 Å². The predicted octanol–water partition coefficient (Wildman–Crippen LogP) is 8.19. The highest BCUT2D eigenvalue weighted by Crippen LogP contribution is 2.36. The van der Waals surface area contributed by atoms with Crippen LogP contribution in [0.3, 0.4) is 0 Å². The van der Waals surface area contributed by atoms with Gasteiger partial charge in [-0.3, -0.25) is 0 Å². The molecule has 0 bridgehead atoms. The van der Waals surface area contributed by atoms with E-state index in [9.17, 15) is 0 Å². The van der Waals surface area contributed by atoms with Crippen molar-refractivity contribution in [2.75, 3.05) is 0 Å². The van der Waals surface area contributed by atoms with Gasteiger partial charge < -0.3 is 9.13 Å². The van der Waals surface area contributed by atoms with Crippen molar-refractivity contribution >= 4 is 43.6 Å². The van der Waals surface area contributed by atoms with Crippen molar-refractivity contribution in [1.29, 1.82) is 0 Å². The molecule has 0 amide bonds. The third kappa shape index (κ3) is 2.61. The van der Waals surface area contributed by atoms with Crippen LogP contribution in [0.5, 0.6) is 0 Å². The molecule has 5 aromatic carbocycles. The van der Waals surface area contributed by atoms with Crippen LogP contribution in [0.4, 0.5) is 0 Å². The zero-order chi connectivity index (χ0) is 21.9. The molecular weight excluding hydrogens is 400 g/mol. The van der Waals surface area contributed by atoms with E-state index in [2.05, 4.69) is 131 Å². The minimum absolute atomic E-state index is 1.18. The SMILES string of the molecule is Cc1ccc2c(c1)c1ccccc1n2-c1ccc2c(c1)c1ccccc1n2-c1ccccc1. The maximum Gasteiger partial charge on any atom is 0.0542 e. The minimum Gasteiger partial charge on any atom is -0.309 e. The lowest BCUT2D eigenvalue weighted by Gasteiger charge is -2.10. The molecule has 0 radical (unpaired) electrons. The Morgan fingerprint density at radius 1 is 0.394 bits per heavy atom. The highest BCUT2D eigenvalue weighted by atomic mass is 15.0. The maximum atomic E-state index is 2.40. The number of rotatable bonds is 2. The molecule has 156 valence electrons. The zero-order valence-corrected chi connectivity index (χ0v) is 18.4. The smallest absolute Gasteiger partial charge is 0.0542 e. The Balaban J connectivity index is 1.58. The number of benzene rings is 5. The van der Waals surface area contributed by atoms with Gasteiger partial charge in [-0.1, -0.05) is 66.2 Å². The second-order valence-corrected chi connectivity index (χ2v) is 8.76. The lowest BCUT2D eigenvalue weighted by atomic mass is 10.1. The van der Waals surface area contributed by atoms with Crippen molar-refractivity contribution in [2.24, 2.45) is 0 Å². The van der Waals surface area contributed by atoms with E-state index in [1.807, 2.05) is 0 Å². The van der Waals surface area contributed by atoms with Gasteiger partial charge in [0.15, 0.2) is 0 Å². The fraction of sp³-hybridized carbons (Fsp3) is 0.0323. The summed E-state index contributed by atoms with van der Waals surface area (Å²) in [6, 6.07) is 41.7. The molecule has 7 rings (SSSR count). The fourth-order valence-electron chi connectivity index (χ4n) is 5.32. The maximum absolute atomic E-state index is 2.40. The molecule has 0 saturated heterocycles. The Hall–Kier alpha value is -4.30. The van der Waals surface area contributed by atoms with E-state index < -0.39 is 0 Å². The van der Waals surface area contributed by atoms with Gasteiger partial charge in [0.25, 0.3) is 0 Å². The zero-order valence-electron chi connectivity index (χ0n) is 18.4. The quantitative estimate of drug-likeness (QED) is 0.266. The van der Waals surface area contributed by atoms with E-state index in [1.54, 1.807) is 0 Å². The van der Waals surface area contributed by atoms with Crippen LogP contribution in [-0.2, 0) is 0 Å². The molecule has 2 aromatic heterocycles. The first-order valence-electron chi connectivity index (χ1n) is 11.4. The number of hydrogen-bond acceptors (Lipinski definition) is 0. The molecule has 0 saturated carbocycles. The first kappa shape index (κ1) is 18.3. The van der Waals surface area contributed by atoms with Crippen molar-refractivity contribution < 1.29 is 0 Å². The Labute approximate surface area is 191 Å². The molecule has 2 heteroatoms. The van der Waals surface area contributed by atoms with Crippen LogP contribution in [0, 0.1) is 6.92 Å². The second-order valence-electron chi connectivity index (χ2n) is 8.76. The summed E-state index contributed by atoms with van der Waals surface area (Å²) in [5, 5.41) is 5.14. The highest BCUT2D eigenvalue weighted by molar-refractivity contribution is 6.12. The molecule has 33 heavy (non-hydrogen) atoms. The topological polar surface area (TPSA) is 9.86 Å². The number of aryl methyl sites for hydroxylation is 1. The number of hydrogen-bond donors (Lipinski definition) is 0. The lowest BCUT2D eigenvalue weighted by molar-refractivity contribution is 1.16. The molecule has 0 aliphatic rings. The summed E-state index contributed by atoms with van der Waals surface area (Å²) >= 11 is 0. The van der Waals surface area contributed by atoms with E-state index in [4.69, 9.17) is 0 Å². The van der Waals surface area contributed by atoms with Crippen LogP contribution in [-0.4, -0.2) is 9.13 Å². The fourth-order valence-corrected chi connectivity index (χ4v) is 5.32. The average molecular weight is 423 g/mol. The summed E-state index contributed by atoms with van der Waals surface area (Å²) < 4.78 is 4.77. The van der Waals surface area contributed by atoms with Crippen LogP contribution in [0.25, 0.3) is 55.0 Å². The van der Waals surface area contributed by atoms with E-state index in [0.717, 1.165) is 0 Å². The Morgan fingerprint density at radius 3 is 1.61 bits per heavy atom. The van der Waals surface area contributed by atoms with Crippen molar-refractivity contribution in [3.8, 4) is 11.4 Å². The molecular formula is C31H22N2. The summed E-state index contributed by atoms with van der Waals surface area (Å²) in [6.45, 7) is 2.16. The normalized spacial score (nSPS) is 11.8. The standard InChI is InChI=1S/C31H22N2/c1-21-15-17-30-26(19-21)24-11-5-8-14-29(24)33(30)23-16-18-31-27(20-23)25-12-6-7-13-28(25)32(31)22-9-3-2-4-10-22/h2-20H,1H3. The van der Waals surface area contributed by atoms with Crippen molar-refractivity contribution in [3.63, 3.8) is 0 Å². The minimum atomic E-state index is 1.18. The van der Waals surface area contributed by atoms with Crippen LogP contribution >= 0.6 is 0 Å². The molecule has 0 atom stereocenters. The molecule has 0 aliphatic carbocycles. The van der Waals surface area contributed by atoms with Crippen molar-refractivity contribution in [3.05, 3.63) is 121 Å². The monoisotopic (exact) mass is 422 g/mol. The number of nitrogens with zero attached hydrogens (tertiary/aromatic N) is 2. The van der Waals surface area contributed by atoms with Gasteiger partial charge in [0.2, 0.25) is 0 Å². The second kappa shape index (κ2) is 6.85. The van der Waals surface area contributed by atoms with Crippen LogP contribution in [0.2, 0.25) is 0 Å². The van der Waals surface area contributed by atoms with Gasteiger partial charge in [-0.2, -0.15) is 0 Å². The number of para-hydroxylation sites is 3. The molecule has 0 aliphatic heterocycles. The van der Waals surface area contributed by atoms with Crippen LogP contribution < -0.4 is 0 Å². The molecule has 0 N–H and O–H groups in total. The summed E-state index contributed by atoms with van der Waals surface area (Å²) in [7, 11) is 0. The first-order valence-corrected chi connectivity index (χ1v) is 11.4. The summed E-state index contributed by atoms with van der Waals surface area (Å²) in [5.74, 6) is 0. The first-order chi connectivity index (χ1) is 16.3. The predicted molar refractivity (Wildman–Crippen MR) is 140 cm³/mol. The van der Waals surface area contributed by atoms with Crippen molar-refractivity contribution in [1.82, 2.24) is 9.13 Å². The molecule has 0 fully saturated rings. The molecule has 7 aromatic rings. The molecule has 0 unspecified atom stereocenters. The molecule has 2 heterocycles. The summed E-state index contributed by atoms with van der Waals surface area (Å²) in [5.41, 5.74) is 8.60. The number of fused-ring (bicyclic) bond motifs is 6. The Morgan fingerprint density at radius 2 is 0.909 bits per heavy atom. The van der Waals surface area contributed by atoms with Crippen LogP contribution in [0.15, 0.2) is 115 Å². The van der Waals surface area contributed by atoms with E-state index in [-0.39, 0.29) is 0 Å². The number of aromatic nitrogens is 2. The van der Waals surface area contributed by atoms with Gasteiger partial charge in [-0.25, -0.2) is 0 Å². The van der Waals surface area contributed by atoms with Gasteiger partial charge in [-0.05, 0) is 61.5 Å². The van der Waals surface area contributed by atoms with E-state index in [1.165, 1.54) is 60.5 Å². The molecule has 2 nitrogen and oxygen atoms in total. The van der Waals surface area contributed by atoms with Gasteiger partial charge in [0.05, 0.1) is 22.1 Å². The van der Waals surface area contributed by atoms with Crippen LogP contribution in [0.1, 0.15) is 5.56 Å². The van der Waals surface area contributed by atoms with Gasteiger partial charge in [0.1, 0.15) is 0 Å². The summed E-state index contributed by atoms with van der Waals surface area (Å²) in [6.07, 6.45) is 0. The average Bonchev–Trinajstić information content (AvgIpc) is 3.37. The Kier molecular flexibility index (Phi) is 3.80. The van der Waals surface area contributed by atoms with Gasteiger partial charge in [0, 0.05) is 32.9 Å². The highest BCUT2D eigenvalue weighted by Gasteiger charge is 2.16. The molecule has 0 spiro atoms. The van der Waals surface area contributed by atoms with E-state index >= 15 is 0 Å². The van der Waals surface area contributed by atoms with Gasteiger partial charge in [-0.15, -0.1) is 0 Å². The third-order valence-electron chi connectivity index (χ3n) is 6.76. The largest absolute Gasteiger partial charge is 0.309 e. The summed E-state index contributed by atoms with van der Waals surface area (Å²) in [4.78, 5) is 0. The lowest BCUT2D eigenvalue weighted by Crippen LogP contribution is -1.95.